The van der Waals surface area contributed by atoms with Crippen LogP contribution in [0.1, 0.15) is 13.3 Å². The van der Waals surface area contributed by atoms with Gasteiger partial charge in [-0.25, -0.2) is 0 Å². The summed E-state index contributed by atoms with van der Waals surface area (Å²) in [6.45, 7) is 2.78. The van der Waals surface area contributed by atoms with E-state index in [1.165, 1.54) is 0 Å². The van der Waals surface area contributed by atoms with Gasteiger partial charge in [0.1, 0.15) is 5.75 Å². The first-order chi connectivity index (χ1) is 9.63. The molecule has 0 aliphatic carbocycles. The predicted octanol–water partition coefficient (Wildman–Crippen LogP) is 1.38. The van der Waals surface area contributed by atoms with Crippen molar-refractivity contribution in [3.05, 3.63) is 18.2 Å². The van der Waals surface area contributed by atoms with Gasteiger partial charge in [0.25, 0.3) is 5.91 Å². The van der Waals surface area contributed by atoms with Crippen LogP contribution < -0.4 is 15.4 Å². The summed E-state index contributed by atoms with van der Waals surface area (Å²) in [5.41, 5.74) is 1.22. The van der Waals surface area contributed by atoms with Crippen molar-refractivity contribution in [2.45, 2.75) is 19.4 Å². The molecular weight excluding hydrogens is 260 g/mol. The third-order valence-corrected chi connectivity index (χ3v) is 3.48. The van der Waals surface area contributed by atoms with Gasteiger partial charge in [0.15, 0.2) is 6.10 Å². The Kier molecular flexibility index (Phi) is 3.31. The Bertz CT molecular complexity index is 552. The molecule has 1 fully saturated rings. The molecule has 1 aromatic rings. The summed E-state index contributed by atoms with van der Waals surface area (Å²) in [4.78, 5) is 23.5. The first-order valence-corrected chi connectivity index (χ1v) is 6.63. The molecule has 6 heteroatoms. The summed E-state index contributed by atoms with van der Waals surface area (Å²) < 4.78 is 10.7. The molecule has 2 unspecified atom stereocenters. The Labute approximate surface area is 116 Å². The van der Waals surface area contributed by atoms with Gasteiger partial charge in [-0.2, -0.15) is 0 Å². The molecule has 20 heavy (non-hydrogen) atoms. The molecule has 2 N–H and O–H groups in total. The number of carbonyl (C=O) groups is 2. The van der Waals surface area contributed by atoms with E-state index < -0.39 is 6.10 Å². The fraction of sp³-hybridized carbons (Fsp3) is 0.429. The monoisotopic (exact) mass is 276 g/mol. The van der Waals surface area contributed by atoms with E-state index in [2.05, 4.69) is 10.6 Å². The molecule has 1 aromatic carbocycles. The maximum atomic E-state index is 12.0. The molecule has 0 spiro atoms. The molecule has 0 bridgehead atoms. The lowest BCUT2D eigenvalue weighted by Gasteiger charge is -2.23. The predicted molar refractivity (Wildman–Crippen MR) is 72.7 cm³/mol. The van der Waals surface area contributed by atoms with Gasteiger partial charge in [-0.1, -0.05) is 0 Å². The molecule has 0 aromatic heterocycles. The van der Waals surface area contributed by atoms with Crippen LogP contribution in [-0.4, -0.2) is 31.1 Å². The van der Waals surface area contributed by atoms with Crippen LogP contribution in [0.25, 0.3) is 0 Å². The highest BCUT2D eigenvalue weighted by atomic mass is 16.5. The zero-order chi connectivity index (χ0) is 14.1. The summed E-state index contributed by atoms with van der Waals surface area (Å²) in [6, 6.07) is 5.20. The van der Waals surface area contributed by atoms with Crippen LogP contribution >= 0.6 is 0 Å². The molecule has 0 saturated carbocycles. The lowest BCUT2D eigenvalue weighted by molar-refractivity contribution is -0.122. The van der Waals surface area contributed by atoms with E-state index in [0.717, 1.165) is 6.42 Å². The van der Waals surface area contributed by atoms with E-state index in [9.17, 15) is 9.59 Å². The van der Waals surface area contributed by atoms with Crippen LogP contribution in [0.4, 0.5) is 11.4 Å². The second kappa shape index (κ2) is 5.13. The molecule has 3 rings (SSSR count). The van der Waals surface area contributed by atoms with E-state index in [1.807, 2.05) is 0 Å². The van der Waals surface area contributed by atoms with Crippen LogP contribution in [0.2, 0.25) is 0 Å². The van der Waals surface area contributed by atoms with Gasteiger partial charge >= 0.3 is 0 Å². The van der Waals surface area contributed by atoms with Crippen molar-refractivity contribution in [3.8, 4) is 5.75 Å². The van der Waals surface area contributed by atoms with Gasteiger partial charge < -0.3 is 20.1 Å². The summed E-state index contributed by atoms with van der Waals surface area (Å²) in [7, 11) is 0. The van der Waals surface area contributed by atoms with Gasteiger partial charge in [0.05, 0.1) is 18.2 Å². The van der Waals surface area contributed by atoms with E-state index in [4.69, 9.17) is 9.47 Å². The van der Waals surface area contributed by atoms with E-state index >= 15 is 0 Å². The van der Waals surface area contributed by atoms with E-state index in [-0.39, 0.29) is 17.7 Å². The summed E-state index contributed by atoms with van der Waals surface area (Å²) in [6.07, 6.45) is 0.243. The average molecular weight is 276 g/mol. The smallest absolute Gasteiger partial charge is 0.265 e. The highest BCUT2D eigenvalue weighted by Gasteiger charge is 2.25. The van der Waals surface area contributed by atoms with Crippen molar-refractivity contribution in [2.24, 2.45) is 5.92 Å². The van der Waals surface area contributed by atoms with Gasteiger partial charge in [-0.3, -0.25) is 9.59 Å². The highest BCUT2D eigenvalue weighted by molar-refractivity contribution is 5.99. The zero-order valence-electron chi connectivity index (χ0n) is 11.1. The number of rotatable bonds is 2. The summed E-state index contributed by atoms with van der Waals surface area (Å²) in [5, 5.41) is 5.59. The number of anilines is 2. The van der Waals surface area contributed by atoms with Gasteiger partial charge in [0.2, 0.25) is 5.91 Å². The maximum absolute atomic E-state index is 12.0. The van der Waals surface area contributed by atoms with Crippen molar-refractivity contribution >= 4 is 23.2 Å². The van der Waals surface area contributed by atoms with Crippen LogP contribution in [0.15, 0.2) is 18.2 Å². The summed E-state index contributed by atoms with van der Waals surface area (Å²) >= 11 is 0. The number of hydrogen-bond acceptors (Lipinski definition) is 4. The molecule has 2 aliphatic heterocycles. The van der Waals surface area contributed by atoms with Gasteiger partial charge in [-0.05, 0) is 31.5 Å². The topological polar surface area (TPSA) is 76.7 Å². The number of benzene rings is 1. The molecule has 1 saturated heterocycles. The fourth-order valence-electron chi connectivity index (χ4n) is 2.27. The number of nitrogens with one attached hydrogen (secondary N) is 2. The third-order valence-electron chi connectivity index (χ3n) is 3.48. The Balaban J connectivity index is 1.74. The second-order valence-electron chi connectivity index (χ2n) is 5.01. The largest absolute Gasteiger partial charge is 0.479 e. The van der Waals surface area contributed by atoms with E-state index in [0.29, 0.717) is 30.3 Å². The molecular formula is C14H16N2O4. The quantitative estimate of drug-likeness (QED) is 0.855. The van der Waals surface area contributed by atoms with E-state index in [1.54, 1.807) is 25.1 Å². The van der Waals surface area contributed by atoms with Crippen molar-refractivity contribution < 1.29 is 19.1 Å². The molecule has 2 aliphatic rings. The number of fused-ring (bicyclic) bond motifs is 1. The third kappa shape index (κ3) is 2.46. The Morgan fingerprint density at radius 2 is 2.30 bits per heavy atom. The van der Waals surface area contributed by atoms with Crippen molar-refractivity contribution in [1.82, 2.24) is 0 Å². The number of hydrogen-bond donors (Lipinski definition) is 2. The lowest BCUT2D eigenvalue weighted by atomic mass is 10.1. The first-order valence-electron chi connectivity index (χ1n) is 6.63. The number of ether oxygens (including phenoxy) is 2. The average Bonchev–Trinajstić information content (AvgIpc) is 2.94. The van der Waals surface area contributed by atoms with Gasteiger partial charge in [0, 0.05) is 12.3 Å². The van der Waals surface area contributed by atoms with Crippen LogP contribution in [-0.2, 0) is 14.3 Å². The van der Waals surface area contributed by atoms with Crippen molar-refractivity contribution in [1.29, 1.82) is 0 Å². The van der Waals surface area contributed by atoms with Crippen molar-refractivity contribution in [3.63, 3.8) is 0 Å². The highest BCUT2D eigenvalue weighted by Crippen LogP contribution is 2.32. The summed E-state index contributed by atoms with van der Waals surface area (Å²) in [5.74, 6) is 0.264. The first kappa shape index (κ1) is 12.9. The standard InChI is InChI=1S/C14H16N2O4/c1-8-13(17)16-11-6-10(2-3-12(11)20-8)15-14(18)9-4-5-19-7-9/h2-3,6,8-9H,4-5,7H2,1H3,(H,15,18)(H,16,17). The van der Waals surface area contributed by atoms with Crippen LogP contribution in [0.3, 0.4) is 0 Å². The molecule has 0 radical (unpaired) electrons. The zero-order valence-corrected chi connectivity index (χ0v) is 11.1. The number of amides is 2. The maximum Gasteiger partial charge on any atom is 0.265 e. The second-order valence-corrected chi connectivity index (χ2v) is 5.01. The lowest BCUT2D eigenvalue weighted by Crippen LogP contribution is -2.34. The van der Waals surface area contributed by atoms with Gasteiger partial charge in [-0.15, -0.1) is 0 Å². The minimum absolute atomic E-state index is 0.0566. The van der Waals surface area contributed by atoms with Crippen LogP contribution in [0.5, 0.6) is 5.75 Å². The fourth-order valence-corrected chi connectivity index (χ4v) is 2.27. The Morgan fingerprint density at radius 3 is 3.05 bits per heavy atom. The Hall–Kier alpha value is -2.08. The molecule has 106 valence electrons. The SMILES string of the molecule is CC1Oc2ccc(NC(=O)C3CCOC3)cc2NC1=O. The molecule has 6 nitrogen and oxygen atoms in total. The van der Waals surface area contributed by atoms with Crippen molar-refractivity contribution in [2.75, 3.05) is 23.8 Å². The molecule has 2 atom stereocenters. The van der Waals surface area contributed by atoms with Crippen LogP contribution in [0, 0.1) is 5.92 Å². The normalized spacial score (nSPS) is 24.6. The minimum Gasteiger partial charge on any atom is -0.479 e. The minimum atomic E-state index is -0.501. The molecule has 2 amide bonds. The number of carbonyl (C=O) groups excluding carboxylic acids is 2. The molecule has 2 heterocycles. The Morgan fingerprint density at radius 1 is 1.45 bits per heavy atom.